The highest BCUT2D eigenvalue weighted by atomic mass is 16.5. The predicted molar refractivity (Wildman–Crippen MR) is 110 cm³/mol. The molecule has 1 aliphatic rings. The van der Waals surface area contributed by atoms with Crippen LogP contribution in [0.15, 0.2) is 48.5 Å². The lowest BCUT2D eigenvalue weighted by molar-refractivity contribution is -0.124. The fourth-order valence-electron chi connectivity index (χ4n) is 4.01. The van der Waals surface area contributed by atoms with Gasteiger partial charge in [0.15, 0.2) is 0 Å². The second kappa shape index (κ2) is 9.64. The molecule has 148 valence electrons. The van der Waals surface area contributed by atoms with Crippen LogP contribution in [-0.4, -0.2) is 40.8 Å². The molecular weight excluding hydrogens is 352 g/mol. The first kappa shape index (κ1) is 20.3. The Kier molecular flexibility index (Phi) is 6.98. The van der Waals surface area contributed by atoms with Gasteiger partial charge in [0.05, 0.1) is 6.61 Å². The van der Waals surface area contributed by atoms with Crippen molar-refractivity contribution in [2.45, 2.75) is 32.2 Å². The van der Waals surface area contributed by atoms with Gasteiger partial charge in [-0.1, -0.05) is 42.5 Å². The molecule has 0 spiro atoms. The van der Waals surface area contributed by atoms with Gasteiger partial charge in [-0.3, -0.25) is 14.9 Å². The lowest BCUT2D eigenvalue weighted by Gasteiger charge is -2.29. The number of nitrogens with one attached hydrogen (secondary N) is 1. The molecule has 0 saturated heterocycles. The van der Waals surface area contributed by atoms with E-state index in [0.717, 1.165) is 31.4 Å². The molecule has 0 saturated carbocycles. The first-order chi connectivity index (χ1) is 13.6. The van der Waals surface area contributed by atoms with E-state index >= 15 is 0 Å². The zero-order chi connectivity index (χ0) is 19.9. The number of hydrogen-bond acceptors (Lipinski definition) is 4. The number of hydrogen-bond donors (Lipinski definition) is 3. The summed E-state index contributed by atoms with van der Waals surface area (Å²) in [7, 11) is 0. The highest BCUT2D eigenvalue weighted by molar-refractivity contribution is 5.90. The number of nitrogens with zero attached hydrogens (tertiary/aromatic N) is 1. The Morgan fingerprint density at radius 3 is 2.82 bits per heavy atom. The number of rotatable bonds is 8. The molecule has 0 aromatic heterocycles. The van der Waals surface area contributed by atoms with Crippen molar-refractivity contribution in [3.63, 3.8) is 0 Å². The van der Waals surface area contributed by atoms with E-state index in [1.54, 1.807) is 11.6 Å². The summed E-state index contributed by atoms with van der Waals surface area (Å²) < 4.78 is 0. The molecule has 2 aromatic rings. The van der Waals surface area contributed by atoms with Crippen molar-refractivity contribution in [2.75, 3.05) is 19.7 Å². The molecule has 0 fully saturated rings. The fourth-order valence-corrected chi connectivity index (χ4v) is 4.01. The van der Waals surface area contributed by atoms with E-state index in [-0.39, 0.29) is 6.61 Å². The number of carbonyl (C=O) groups excluding carboxylic acids is 1. The van der Waals surface area contributed by atoms with Crippen molar-refractivity contribution in [1.29, 1.82) is 0 Å². The van der Waals surface area contributed by atoms with Crippen LogP contribution < -0.4 is 5.48 Å². The van der Waals surface area contributed by atoms with Gasteiger partial charge >= 0.3 is 0 Å². The number of aliphatic hydroxyl groups is 1. The van der Waals surface area contributed by atoms with Crippen LogP contribution in [0.5, 0.6) is 0 Å². The number of amides is 1. The van der Waals surface area contributed by atoms with E-state index in [1.165, 1.54) is 28.3 Å². The third kappa shape index (κ3) is 4.87. The first-order valence-corrected chi connectivity index (χ1v) is 9.76. The highest BCUT2D eigenvalue weighted by Gasteiger charge is 2.27. The third-order valence-electron chi connectivity index (χ3n) is 5.51. The largest absolute Gasteiger partial charge is 0.395 e. The lowest BCUT2D eigenvalue weighted by atomic mass is 10.0. The molecule has 5 nitrogen and oxygen atoms in total. The standard InChI is InChI=1S/C23H28N2O3/c1-17-4-2-3-5-19(17)12-13-25(14-15-26)22-10-8-20-16-18(6-9-21(20)22)7-11-23(27)24-28/h2-7,9,11,16,22,26,28H,8,10,12-15H2,1H3,(H,24,27)/t22-/m0/s1. The van der Waals surface area contributed by atoms with Gasteiger partial charge in [-0.15, -0.1) is 0 Å². The second-order valence-corrected chi connectivity index (χ2v) is 7.26. The highest BCUT2D eigenvalue weighted by Crippen LogP contribution is 2.36. The van der Waals surface area contributed by atoms with Crippen LogP contribution >= 0.6 is 0 Å². The van der Waals surface area contributed by atoms with E-state index in [0.29, 0.717) is 12.6 Å². The average Bonchev–Trinajstić information content (AvgIpc) is 3.13. The molecular formula is C23H28N2O3. The number of fused-ring (bicyclic) bond motifs is 1. The average molecular weight is 380 g/mol. The maximum Gasteiger partial charge on any atom is 0.267 e. The maximum absolute atomic E-state index is 11.2. The van der Waals surface area contributed by atoms with Crippen molar-refractivity contribution in [3.05, 3.63) is 76.4 Å². The molecule has 1 amide bonds. The van der Waals surface area contributed by atoms with Gasteiger partial charge in [0.25, 0.3) is 5.91 Å². The van der Waals surface area contributed by atoms with Crippen LogP contribution in [0.2, 0.25) is 0 Å². The second-order valence-electron chi connectivity index (χ2n) is 7.26. The third-order valence-corrected chi connectivity index (χ3v) is 5.51. The number of carbonyl (C=O) groups is 1. The zero-order valence-corrected chi connectivity index (χ0v) is 16.3. The normalized spacial score (nSPS) is 15.9. The molecule has 0 heterocycles. The smallest absolute Gasteiger partial charge is 0.267 e. The van der Waals surface area contributed by atoms with Crippen LogP contribution in [0, 0.1) is 6.92 Å². The molecule has 0 aliphatic heterocycles. The topological polar surface area (TPSA) is 72.8 Å². The van der Waals surface area contributed by atoms with E-state index in [9.17, 15) is 9.90 Å². The molecule has 0 unspecified atom stereocenters. The molecule has 5 heteroatoms. The summed E-state index contributed by atoms with van der Waals surface area (Å²) in [4.78, 5) is 13.5. The number of aliphatic hydroxyl groups excluding tert-OH is 1. The van der Waals surface area contributed by atoms with Crippen molar-refractivity contribution in [2.24, 2.45) is 0 Å². The van der Waals surface area contributed by atoms with Gasteiger partial charge in [-0.2, -0.15) is 0 Å². The molecule has 3 N–H and O–H groups in total. The Hall–Kier alpha value is -2.47. The molecule has 1 aliphatic carbocycles. The van der Waals surface area contributed by atoms with Gasteiger partial charge in [-0.05, 0) is 60.1 Å². The van der Waals surface area contributed by atoms with E-state index in [1.807, 2.05) is 6.07 Å². The quantitative estimate of drug-likeness (QED) is 0.374. The van der Waals surface area contributed by atoms with Gasteiger partial charge in [-0.25, -0.2) is 5.48 Å². The van der Waals surface area contributed by atoms with Crippen molar-refractivity contribution in [1.82, 2.24) is 10.4 Å². The number of hydroxylamine groups is 1. The Bertz CT molecular complexity index is 847. The van der Waals surface area contributed by atoms with Crippen LogP contribution in [0.1, 0.15) is 40.3 Å². The van der Waals surface area contributed by atoms with Gasteiger partial charge in [0.1, 0.15) is 0 Å². The van der Waals surface area contributed by atoms with Crippen molar-refractivity contribution >= 4 is 12.0 Å². The summed E-state index contributed by atoms with van der Waals surface area (Å²) in [5, 5.41) is 18.2. The summed E-state index contributed by atoms with van der Waals surface area (Å²) in [6.07, 6.45) is 6.00. The van der Waals surface area contributed by atoms with Crippen LogP contribution in [0.25, 0.3) is 6.08 Å². The Morgan fingerprint density at radius 1 is 1.25 bits per heavy atom. The van der Waals surface area contributed by atoms with E-state index in [4.69, 9.17) is 5.21 Å². The Balaban J connectivity index is 1.73. The fraction of sp³-hybridized carbons (Fsp3) is 0.348. The summed E-state index contributed by atoms with van der Waals surface area (Å²) in [5.41, 5.74) is 7.80. The SMILES string of the molecule is Cc1ccccc1CCN(CCO)[C@H]1CCc2cc(C=CC(=O)NO)ccc21. The number of aryl methyl sites for hydroxylation is 2. The van der Waals surface area contributed by atoms with Crippen LogP contribution in [0.3, 0.4) is 0 Å². The van der Waals surface area contributed by atoms with Crippen LogP contribution in [-0.2, 0) is 17.6 Å². The molecule has 0 bridgehead atoms. The minimum atomic E-state index is -0.538. The molecule has 0 radical (unpaired) electrons. The molecule has 3 rings (SSSR count). The molecule has 28 heavy (non-hydrogen) atoms. The van der Waals surface area contributed by atoms with Gasteiger partial charge in [0.2, 0.25) is 0 Å². The maximum atomic E-state index is 11.2. The van der Waals surface area contributed by atoms with Gasteiger partial charge in [0, 0.05) is 25.2 Å². The Morgan fingerprint density at radius 2 is 2.07 bits per heavy atom. The van der Waals surface area contributed by atoms with Crippen molar-refractivity contribution < 1.29 is 15.1 Å². The monoisotopic (exact) mass is 380 g/mol. The van der Waals surface area contributed by atoms with E-state index in [2.05, 4.69) is 48.2 Å². The van der Waals surface area contributed by atoms with Gasteiger partial charge < -0.3 is 5.11 Å². The predicted octanol–water partition coefficient (Wildman–Crippen LogP) is 3.04. The molecule has 1 atom stereocenters. The minimum absolute atomic E-state index is 0.150. The lowest BCUT2D eigenvalue weighted by Crippen LogP contribution is -2.32. The molecule has 2 aromatic carbocycles. The summed E-state index contributed by atoms with van der Waals surface area (Å²) in [5.74, 6) is -0.538. The minimum Gasteiger partial charge on any atom is -0.395 e. The van der Waals surface area contributed by atoms with Crippen LogP contribution in [0.4, 0.5) is 0 Å². The summed E-state index contributed by atoms with van der Waals surface area (Å²) >= 11 is 0. The van der Waals surface area contributed by atoms with E-state index < -0.39 is 5.91 Å². The first-order valence-electron chi connectivity index (χ1n) is 9.76. The summed E-state index contributed by atoms with van der Waals surface area (Å²) in [6, 6.07) is 15.0. The zero-order valence-electron chi connectivity index (χ0n) is 16.3. The Labute approximate surface area is 166 Å². The number of benzene rings is 2. The van der Waals surface area contributed by atoms with Crippen molar-refractivity contribution in [3.8, 4) is 0 Å². The summed E-state index contributed by atoms with van der Waals surface area (Å²) in [6.45, 7) is 3.86.